The third-order valence-electron chi connectivity index (χ3n) is 5.76. The fourth-order valence-corrected chi connectivity index (χ4v) is 4.09. The molecule has 1 unspecified atom stereocenters. The molecule has 0 aliphatic rings. The summed E-state index contributed by atoms with van der Waals surface area (Å²) in [7, 11) is 1.54. The highest BCUT2D eigenvalue weighted by molar-refractivity contribution is 5.89. The smallest absolute Gasteiger partial charge is 0.247 e. The number of carbonyl (C=O) groups is 2. The van der Waals surface area contributed by atoms with Crippen LogP contribution in [-0.4, -0.2) is 44.4 Å². The normalized spacial score (nSPS) is 12.2. The van der Waals surface area contributed by atoms with Crippen molar-refractivity contribution in [2.45, 2.75) is 45.4 Å². The summed E-state index contributed by atoms with van der Waals surface area (Å²) in [6.45, 7) is 5.57. The van der Waals surface area contributed by atoms with Crippen LogP contribution in [0.5, 0.6) is 5.75 Å². The summed E-state index contributed by atoms with van der Waals surface area (Å²) in [5, 5.41) is 11.3. The summed E-state index contributed by atoms with van der Waals surface area (Å²) in [5.74, 6) is -0.524. The number of nitrogens with one attached hydrogen (secondary N) is 1. The number of halogens is 1. The van der Waals surface area contributed by atoms with E-state index in [1.807, 2.05) is 45.0 Å². The van der Waals surface area contributed by atoms with Crippen molar-refractivity contribution in [3.05, 3.63) is 89.7 Å². The van der Waals surface area contributed by atoms with Crippen LogP contribution in [0.25, 0.3) is 11.0 Å². The topological polar surface area (TPSA) is 89.4 Å². The number of carbonyl (C=O) groups excluding carboxylic acids is 2. The van der Waals surface area contributed by atoms with Crippen molar-refractivity contribution in [2.24, 2.45) is 0 Å². The molecule has 8 nitrogen and oxygen atoms in total. The summed E-state index contributed by atoms with van der Waals surface area (Å²) in [5.41, 5.74) is 2.08. The number of methoxy groups -OCH3 is 1. The molecule has 1 heterocycles. The zero-order valence-electron chi connectivity index (χ0n) is 21.3. The Morgan fingerprint density at radius 3 is 2.49 bits per heavy atom. The van der Waals surface area contributed by atoms with E-state index in [4.69, 9.17) is 4.74 Å². The second kappa shape index (κ2) is 10.8. The van der Waals surface area contributed by atoms with Gasteiger partial charge in [0.2, 0.25) is 11.8 Å². The van der Waals surface area contributed by atoms with Crippen molar-refractivity contribution < 1.29 is 18.7 Å². The van der Waals surface area contributed by atoms with Crippen molar-refractivity contribution in [2.75, 3.05) is 7.11 Å². The molecule has 1 N–H and O–H groups in total. The molecule has 2 amide bonds. The first-order chi connectivity index (χ1) is 17.6. The summed E-state index contributed by atoms with van der Waals surface area (Å²) in [6, 6.07) is 19.3. The van der Waals surface area contributed by atoms with Crippen LogP contribution in [0.2, 0.25) is 0 Å². The van der Waals surface area contributed by atoms with Gasteiger partial charge >= 0.3 is 0 Å². The lowest BCUT2D eigenvalue weighted by molar-refractivity contribution is -0.142. The van der Waals surface area contributed by atoms with Gasteiger partial charge in [-0.2, -0.15) is 0 Å². The van der Waals surface area contributed by atoms with Gasteiger partial charge < -0.3 is 15.0 Å². The van der Waals surface area contributed by atoms with Gasteiger partial charge in [0.25, 0.3) is 0 Å². The molecule has 9 heteroatoms. The fraction of sp³-hybridized carbons (Fsp3) is 0.286. The number of rotatable bonds is 8. The van der Waals surface area contributed by atoms with E-state index < -0.39 is 11.6 Å². The van der Waals surface area contributed by atoms with Crippen LogP contribution in [0, 0.1) is 5.82 Å². The van der Waals surface area contributed by atoms with Gasteiger partial charge in [0, 0.05) is 12.1 Å². The first-order valence-electron chi connectivity index (χ1n) is 11.9. The maximum absolute atomic E-state index is 13.9. The second-order valence-corrected chi connectivity index (χ2v) is 9.80. The van der Waals surface area contributed by atoms with Gasteiger partial charge in [-0.15, -0.1) is 5.10 Å². The molecular formula is C28H30FN5O3. The highest BCUT2D eigenvalue weighted by Crippen LogP contribution is 2.28. The van der Waals surface area contributed by atoms with E-state index in [-0.39, 0.29) is 30.7 Å². The summed E-state index contributed by atoms with van der Waals surface area (Å²) in [6.07, 6.45) is 0. The fourth-order valence-electron chi connectivity index (χ4n) is 4.09. The lowest BCUT2D eigenvalue weighted by Crippen LogP contribution is -2.49. The number of hydrogen-bond donors (Lipinski definition) is 1. The van der Waals surface area contributed by atoms with Crippen LogP contribution in [0.15, 0.2) is 72.8 Å². The van der Waals surface area contributed by atoms with Crippen molar-refractivity contribution in [3.8, 4) is 5.75 Å². The molecule has 0 spiro atoms. The molecule has 1 atom stereocenters. The standard InChI is InChI=1S/C28H30FN5O3/c1-28(2,3)30-27(36)26(20-8-7-9-22(16-20)37-4)33(17-19-12-14-21(29)15-13-19)25(35)18-34-24-11-6-5-10-23(24)31-32-34/h5-16,26H,17-18H2,1-4H3,(H,30,36). The van der Waals surface area contributed by atoms with E-state index in [9.17, 15) is 14.0 Å². The number of benzene rings is 3. The van der Waals surface area contributed by atoms with Gasteiger partial charge in [0.1, 0.15) is 29.7 Å². The molecule has 192 valence electrons. The number of ether oxygens (including phenoxy) is 1. The number of nitrogens with zero attached hydrogens (tertiary/aromatic N) is 4. The number of amides is 2. The highest BCUT2D eigenvalue weighted by atomic mass is 19.1. The predicted octanol–water partition coefficient (Wildman–Crippen LogP) is 4.26. The molecule has 37 heavy (non-hydrogen) atoms. The third kappa shape index (κ3) is 6.30. The van der Waals surface area contributed by atoms with E-state index >= 15 is 0 Å². The Morgan fingerprint density at radius 2 is 1.78 bits per heavy atom. The first-order valence-corrected chi connectivity index (χ1v) is 11.9. The average Bonchev–Trinajstić information content (AvgIpc) is 3.26. The maximum atomic E-state index is 13.9. The van der Waals surface area contributed by atoms with Crippen molar-refractivity contribution >= 4 is 22.8 Å². The Kier molecular flexibility index (Phi) is 7.52. The van der Waals surface area contributed by atoms with E-state index in [1.54, 1.807) is 43.5 Å². The van der Waals surface area contributed by atoms with E-state index in [0.29, 0.717) is 27.9 Å². The third-order valence-corrected chi connectivity index (χ3v) is 5.76. The van der Waals surface area contributed by atoms with Gasteiger partial charge in [-0.3, -0.25) is 9.59 Å². The largest absolute Gasteiger partial charge is 0.497 e. The second-order valence-electron chi connectivity index (χ2n) is 9.80. The van der Waals surface area contributed by atoms with Crippen LogP contribution < -0.4 is 10.1 Å². The minimum Gasteiger partial charge on any atom is -0.497 e. The minimum atomic E-state index is -0.985. The van der Waals surface area contributed by atoms with Crippen LogP contribution in [0.1, 0.15) is 37.9 Å². The zero-order valence-corrected chi connectivity index (χ0v) is 21.3. The van der Waals surface area contributed by atoms with Gasteiger partial charge in [-0.05, 0) is 68.3 Å². The molecule has 0 aliphatic heterocycles. The van der Waals surface area contributed by atoms with E-state index in [1.165, 1.54) is 21.7 Å². The first kappa shape index (κ1) is 25.8. The molecular weight excluding hydrogens is 473 g/mol. The zero-order chi connectivity index (χ0) is 26.6. The van der Waals surface area contributed by atoms with E-state index in [0.717, 1.165) is 0 Å². The van der Waals surface area contributed by atoms with Gasteiger partial charge in [-0.1, -0.05) is 41.6 Å². The van der Waals surface area contributed by atoms with Gasteiger partial charge in [0.15, 0.2) is 0 Å². The Labute approximate surface area is 215 Å². The Bertz CT molecular complexity index is 1390. The average molecular weight is 504 g/mol. The van der Waals surface area contributed by atoms with Crippen LogP contribution >= 0.6 is 0 Å². The van der Waals surface area contributed by atoms with Crippen molar-refractivity contribution in [1.82, 2.24) is 25.2 Å². The predicted molar refractivity (Wildman–Crippen MR) is 138 cm³/mol. The molecule has 0 aliphatic carbocycles. The summed E-state index contributed by atoms with van der Waals surface area (Å²) >= 11 is 0. The summed E-state index contributed by atoms with van der Waals surface area (Å²) < 4.78 is 20.5. The lowest BCUT2D eigenvalue weighted by Gasteiger charge is -2.34. The van der Waals surface area contributed by atoms with Crippen molar-refractivity contribution in [3.63, 3.8) is 0 Å². The van der Waals surface area contributed by atoms with E-state index in [2.05, 4.69) is 15.6 Å². The molecule has 0 radical (unpaired) electrons. The number of hydrogen-bond acceptors (Lipinski definition) is 5. The molecule has 4 rings (SSSR count). The molecule has 3 aromatic carbocycles. The molecule has 0 fully saturated rings. The lowest BCUT2D eigenvalue weighted by atomic mass is 10.0. The van der Waals surface area contributed by atoms with Gasteiger partial charge in [-0.25, -0.2) is 9.07 Å². The molecule has 0 bridgehead atoms. The highest BCUT2D eigenvalue weighted by Gasteiger charge is 2.34. The number of aromatic nitrogens is 3. The van der Waals surface area contributed by atoms with Crippen LogP contribution in [0.4, 0.5) is 4.39 Å². The molecule has 1 aromatic heterocycles. The molecule has 4 aromatic rings. The molecule has 0 saturated heterocycles. The molecule has 0 saturated carbocycles. The van der Waals surface area contributed by atoms with Crippen LogP contribution in [-0.2, 0) is 22.7 Å². The Morgan fingerprint density at radius 1 is 1.05 bits per heavy atom. The maximum Gasteiger partial charge on any atom is 0.247 e. The quantitative estimate of drug-likeness (QED) is 0.388. The number of para-hydroxylation sites is 1. The Balaban J connectivity index is 1.78. The SMILES string of the molecule is COc1cccc(C(C(=O)NC(C)(C)C)N(Cc2ccc(F)cc2)C(=O)Cn2nnc3ccccc32)c1. The minimum absolute atomic E-state index is 0.0746. The summed E-state index contributed by atoms with van der Waals surface area (Å²) in [4.78, 5) is 29.1. The Hall–Kier alpha value is -4.27. The monoisotopic (exact) mass is 503 g/mol. The van der Waals surface area contributed by atoms with Gasteiger partial charge in [0.05, 0.1) is 12.6 Å². The van der Waals surface area contributed by atoms with Crippen LogP contribution in [0.3, 0.4) is 0 Å². The number of fused-ring (bicyclic) bond motifs is 1. The van der Waals surface area contributed by atoms with Crippen molar-refractivity contribution in [1.29, 1.82) is 0 Å².